The van der Waals surface area contributed by atoms with Crippen LogP contribution < -0.4 is 5.32 Å². The number of fused-ring (bicyclic) bond motifs is 1. The molecular weight excluding hydrogens is 390 g/mol. The van der Waals surface area contributed by atoms with E-state index in [4.69, 9.17) is 11.6 Å². The number of benzene rings is 1. The number of nitrogens with one attached hydrogen (secondary N) is 1. The maximum absolute atomic E-state index is 13.9. The van der Waals surface area contributed by atoms with Crippen molar-refractivity contribution in [1.82, 2.24) is 24.5 Å². The lowest BCUT2D eigenvalue weighted by Gasteiger charge is -2.33. The van der Waals surface area contributed by atoms with Crippen molar-refractivity contribution >= 4 is 23.3 Å². The van der Waals surface area contributed by atoms with Gasteiger partial charge in [0, 0.05) is 18.3 Å². The molecule has 0 spiro atoms. The van der Waals surface area contributed by atoms with Gasteiger partial charge in [-0.1, -0.05) is 23.7 Å². The number of hydrogen-bond donors (Lipinski definition) is 1. The Bertz CT molecular complexity index is 1080. The number of carbonyl (C=O) groups excluding carboxylic acids is 1. The molecule has 1 N–H and O–H groups in total. The highest BCUT2D eigenvalue weighted by Crippen LogP contribution is 2.41. The summed E-state index contributed by atoms with van der Waals surface area (Å²) in [6, 6.07) is 5.84. The fraction of sp³-hybridized carbons (Fsp3) is 0.222. The molecular formula is C18H15ClF2N6O. The van der Waals surface area contributed by atoms with Crippen LogP contribution in [0.5, 0.6) is 0 Å². The maximum Gasteiger partial charge on any atom is 0.290 e. The number of anilines is 1. The van der Waals surface area contributed by atoms with Gasteiger partial charge in [0.15, 0.2) is 5.78 Å². The van der Waals surface area contributed by atoms with Crippen LogP contribution in [0.4, 0.5) is 14.7 Å². The third kappa shape index (κ3) is 2.97. The van der Waals surface area contributed by atoms with E-state index >= 15 is 0 Å². The Morgan fingerprint density at radius 3 is 2.57 bits per heavy atom. The third-order valence-corrected chi connectivity index (χ3v) is 4.94. The van der Waals surface area contributed by atoms with E-state index in [1.807, 2.05) is 0 Å². The molecule has 0 radical (unpaired) electrons. The molecule has 7 nitrogen and oxygen atoms in total. The Kier molecular flexibility index (Phi) is 4.46. The van der Waals surface area contributed by atoms with Crippen LogP contribution in [0.2, 0.25) is 5.02 Å². The number of ketones is 1. The molecule has 1 aliphatic rings. The Balaban J connectivity index is 1.92. The van der Waals surface area contributed by atoms with Crippen LogP contribution in [-0.4, -0.2) is 30.3 Å². The van der Waals surface area contributed by atoms with Crippen molar-refractivity contribution in [3.05, 3.63) is 70.4 Å². The minimum atomic E-state index is -1.98. The molecule has 2 atom stereocenters. The number of allylic oxidation sites excluding steroid dienone is 1. The Morgan fingerprint density at radius 2 is 1.96 bits per heavy atom. The zero-order valence-electron chi connectivity index (χ0n) is 14.9. The molecule has 0 saturated carbocycles. The number of Topliss-reactive ketones (excluding diaryl/α,β-unsaturated/α-hetero) is 1. The quantitative estimate of drug-likeness (QED) is 0.675. The van der Waals surface area contributed by atoms with Crippen molar-refractivity contribution in [3.63, 3.8) is 0 Å². The predicted molar refractivity (Wildman–Crippen MR) is 98.2 cm³/mol. The van der Waals surface area contributed by atoms with Gasteiger partial charge in [-0.15, -0.1) is 0 Å². The van der Waals surface area contributed by atoms with E-state index in [1.165, 1.54) is 21.9 Å². The fourth-order valence-electron chi connectivity index (χ4n) is 3.48. The summed E-state index contributed by atoms with van der Waals surface area (Å²) in [6.07, 6.45) is 0.802. The molecule has 2 unspecified atom stereocenters. The van der Waals surface area contributed by atoms with Gasteiger partial charge in [0.2, 0.25) is 5.95 Å². The molecule has 144 valence electrons. The highest BCUT2D eigenvalue weighted by Gasteiger charge is 2.43. The van der Waals surface area contributed by atoms with Crippen molar-refractivity contribution in [2.45, 2.75) is 13.0 Å². The zero-order chi connectivity index (χ0) is 20.0. The number of carbonyl (C=O) groups is 1. The molecule has 1 aliphatic heterocycles. The lowest BCUT2D eigenvalue weighted by molar-refractivity contribution is 0.0902. The number of aromatic nitrogens is 5. The van der Waals surface area contributed by atoms with E-state index < -0.39 is 29.5 Å². The zero-order valence-corrected chi connectivity index (χ0v) is 15.7. The average Bonchev–Trinajstić information content (AvgIpc) is 3.25. The summed E-state index contributed by atoms with van der Waals surface area (Å²) < 4.78 is 30.7. The summed E-state index contributed by atoms with van der Waals surface area (Å²) in [5.74, 6) is -1.58. The van der Waals surface area contributed by atoms with Crippen LogP contribution in [0.15, 0.2) is 48.6 Å². The molecule has 1 aromatic carbocycles. The first-order valence-corrected chi connectivity index (χ1v) is 8.76. The molecule has 28 heavy (non-hydrogen) atoms. The second-order valence-electron chi connectivity index (χ2n) is 6.47. The summed E-state index contributed by atoms with van der Waals surface area (Å²) in [6.45, 7) is 1.66. The molecule has 0 bridgehead atoms. The van der Waals surface area contributed by atoms with Gasteiger partial charge in [0.1, 0.15) is 6.33 Å². The summed E-state index contributed by atoms with van der Waals surface area (Å²) in [4.78, 5) is 17.4. The van der Waals surface area contributed by atoms with Crippen LogP contribution in [0.25, 0.3) is 0 Å². The van der Waals surface area contributed by atoms with E-state index in [9.17, 15) is 13.6 Å². The average molecular weight is 405 g/mol. The fourth-order valence-corrected chi connectivity index (χ4v) is 3.61. The van der Waals surface area contributed by atoms with E-state index in [0.29, 0.717) is 16.3 Å². The van der Waals surface area contributed by atoms with Crippen LogP contribution in [0.1, 0.15) is 27.7 Å². The van der Waals surface area contributed by atoms with Crippen molar-refractivity contribution < 1.29 is 13.6 Å². The minimum absolute atomic E-state index is 0.134. The molecule has 0 fully saturated rings. The van der Waals surface area contributed by atoms with E-state index in [-0.39, 0.29) is 11.5 Å². The lowest BCUT2D eigenvalue weighted by Crippen LogP contribution is -2.38. The number of rotatable bonds is 3. The second-order valence-corrected chi connectivity index (χ2v) is 6.90. The van der Waals surface area contributed by atoms with Gasteiger partial charge in [-0.2, -0.15) is 24.0 Å². The van der Waals surface area contributed by atoms with Crippen molar-refractivity contribution in [2.75, 3.05) is 5.32 Å². The Labute approximate surface area is 163 Å². The standard InChI is InChI=1S/C18H15ClF2N6O/c1-9-12(7-26(2)25-9)16(28)13-14(17(20)21)24-18-22-8-23-27(18)15(13)10-3-5-11(19)6-4-10/h3-8,13,15H,1-2H3,(H,22,23,24). The first kappa shape index (κ1) is 18.3. The Morgan fingerprint density at radius 1 is 1.25 bits per heavy atom. The Hall–Kier alpha value is -3.07. The van der Waals surface area contributed by atoms with Gasteiger partial charge in [0.05, 0.1) is 28.9 Å². The van der Waals surface area contributed by atoms with Gasteiger partial charge in [0.25, 0.3) is 6.08 Å². The van der Waals surface area contributed by atoms with Crippen molar-refractivity contribution in [3.8, 4) is 0 Å². The molecule has 3 aromatic rings. The van der Waals surface area contributed by atoms with E-state index in [2.05, 4.69) is 20.5 Å². The monoisotopic (exact) mass is 404 g/mol. The van der Waals surface area contributed by atoms with Crippen molar-refractivity contribution in [1.29, 1.82) is 0 Å². The number of nitrogens with zero attached hydrogens (tertiary/aromatic N) is 5. The molecule has 2 aromatic heterocycles. The highest BCUT2D eigenvalue weighted by atomic mass is 35.5. The van der Waals surface area contributed by atoms with Gasteiger partial charge in [-0.25, -0.2) is 4.68 Å². The minimum Gasteiger partial charge on any atom is -0.323 e. The molecule has 3 heterocycles. The topological polar surface area (TPSA) is 77.6 Å². The second kappa shape index (κ2) is 6.83. The lowest BCUT2D eigenvalue weighted by atomic mass is 9.83. The highest BCUT2D eigenvalue weighted by molar-refractivity contribution is 6.30. The van der Waals surface area contributed by atoms with Crippen LogP contribution in [0.3, 0.4) is 0 Å². The molecule has 0 saturated heterocycles. The maximum atomic E-state index is 13.9. The predicted octanol–water partition coefficient (Wildman–Crippen LogP) is 3.60. The first-order valence-electron chi connectivity index (χ1n) is 8.38. The van der Waals surface area contributed by atoms with Crippen molar-refractivity contribution in [2.24, 2.45) is 13.0 Å². The summed E-state index contributed by atoms with van der Waals surface area (Å²) in [5, 5.41) is 11.4. The van der Waals surface area contributed by atoms with E-state index in [1.54, 1.807) is 38.2 Å². The molecule has 0 amide bonds. The SMILES string of the molecule is Cc1nn(C)cc1C(=O)C1C(=C(F)F)Nc2ncnn2C1c1ccc(Cl)cc1. The van der Waals surface area contributed by atoms with Crippen LogP contribution in [-0.2, 0) is 7.05 Å². The first-order chi connectivity index (χ1) is 13.4. The molecule has 0 aliphatic carbocycles. The summed E-state index contributed by atoms with van der Waals surface area (Å²) >= 11 is 5.97. The van der Waals surface area contributed by atoms with Gasteiger partial charge in [-0.3, -0.25) is 9.48 Å². The van der Waals surface area contributed by atoms with Gasteiger partial charge >= 0.3 is 0 Å². The largest absolute Gasteiger partial charge is 0.323 e. The van der Waals surface area contributed by atoms with E-state index in [0.717, 1.165) is 0 Å². The van der Waals surface area contributed by atoms with Crippen LogP contribution >= 0.6 is 11.6 Å². The third-order valence-electron chi connectivity index (χ3n) is 4.69. The normalized spacial score (nSPS) is 18.5. The van der Waals surface area contributed by atoms with Gasteiger partial charge < -0.3 is 5.32 Å². The smallest absolute Gasteiger partial charge is 0.290 e. The molecule has 4 rings (SSSR count). The molecule has 10 heteroatoms. The summed E-state index contributed by atoms with van der Waals surface area (Å²) in [5.41, 5.74) is 0.853. The number of hydrogen-bond acceptors (Lipinski definition) is 5. The number of halogens is 3. The number of aryl methyl sites for hydroxylation is 2. The summed E-state index contributed by atoms with van der Waals surface area (Å²) in [7, 11) is 1.67. The van der Waals surface area contributed by atoms with Gasteiger partial charge in [-0.05, 0) is 24.6 Å². The van der Waals surface area contributed by atoms with Crippen LogP contribution in [0, 0.1) is 12.8 Å².